The van der Waals surface area contributed by atoms with Crippen molar-refractivity contribution in [2.75, 3.05) is 6.61 Å². The van der Waals surface area contributed by atoms with Crippen LogP contribution in [-0.4, -0.2) is 46.4 Å². The lowest BCUT2D eigenvalue weighted by Gasteiger charge is -2.41. The number of carbonyl (C=O) groups is 3. The molecule has 3 heterocycles. The smallest absolute Gasteiger partial charge is 0.343 e. The third kappa shape index (κ3) is 2.36. The molecule has 1 N–H and O–H groups in total. The van der Waals surface area contributed by atoms with Gasteiger partial charge < -0.3 is 24.1 Å². The first-order valence-corrected chi connectivity index (χ1v) is 10.0. The molecule has 0 spiro atoms. The van der Waals surface area contributed by atoms with Crippen LogP contribution in [0.5, 0.6) is 11.5 Å². The Labute approximate surface area is 176 Å². The van der Waals surface area contributed by atoms with E-state index in [1.165, 1.54) is 0 Å². The summed E-state index contributed by atoms with van der Waals surface area (Å²) in [5.41, 5.74) is -2.81. The SMILES string of the molecule is O=C1C[C@]23OC(=O)C[C@]2(C[C@]2(O)COc4cc(OC(=O)c5ccccc5)ccc4[C@@H]23)O1. The van der Waals surface area contributed by atoms with Gasteiger partial charge in [0.15, 0.2) is 11.2 Å². The van der Waals surface area contributed by atoms with E-state index in [1.54, 1.807) is 48.5 Å². The molecule has 3 fully saturated rings. The van der Waals surface area contributed by atoms with Gasteiger partial charge in [-0.2, -0.15) is 0 Å². The monoisotopic (exact) mass is 422 g/mol. The molecule has 0 aromatic heterocycles. The number of ether oxygens (including phenoxy) is 4. The Morgan fingerprint density at radius 2 is 1.81 bits per heavy atom. The van der Waals surface area contributed by atoms with Crippen LogP contribution < -0.4 is 9.47 Å². The molecule has 0 radical (unpaired) electrons. The second-order valence-electron chi connectivity index (χ2n) is 8.64. The van der Waals surface area contributed by atoms with Gasteiger partial charge in [-0.1, -0.05) is 24.3 Å². The number of aliphatic hydroxyl groups is 1. The average molecular weight is 422 g/mol. The van der Waals surface area contributed by atoms with E-state index in [1.807, 2.05) is 0 Å². The van der Waals surface area contributed by atoms with Gasteiger partial charge in [0.2, 0.25) is 0 Å². The van der Waals surface area contributed by atoms with E-state index >= 15 is 0 Å². The molecule has 8 nitrogen and oxygen atoms in total. The summed E-state index contributed by atoms with van der Waals surface area (Å²) in [6.45, 7) is -0.0562. The Hall–Kier alpha value is -3.39. The molecule has 2 aromatic carbocycles. The predicted octanol–water partition coefficient (Wildman–Crippen LogP) is 1.89. The third-order valence-corrected chi connectivity index (χ3v) is 6.80. The summed E-state index contributed by atoms with van der Waals surface area (Å²) in [6, 6.07) is 13.4. The van der Waals surface area contributed by atoms with Crippen LogP contribution in [0, 0.1) is 0 Å². The molecule has 0 amide bonds. The number of esters is 3. The van der Waals surface area contributed by atoms with Gasteiger partial charge >= 0.3 is 17.9 Å². The van der Waals surface area contributed by atoms with Crippen molar-refractivity contribution < 1.29 is 38.4 Å². The largest absolute Gasteiger partial charge is 0.490 e. The normalized spacial score (nSPS) is 34.5. The lowest BCUT2D eigenvalue weighted by atomic mass is 9.73. The lowest BCUT2D eigenvalue weighted by molar-refractivity contribution is -0.156. The van der Waals surface area contributed by atoms with Gasteiger partial charge in [-0.3, -0.25) is 9.59 Å². The van der Waals surface area contributed by atoms with E-state index in [9.17, 15) is 19.5 Å². The van der Waals surface area contributed by atoms with Crippen molar-refractivity contribution in [2.45, 2.75) is 42.0 Å². The summed E-state index contributed by atoms with van der Waals surface area (Å²) in [4.78, 5) is 36.7. The minimum absolute atomic E-state index is 0.0562. The van der Waals surface area contributed by atoms with E-state index in [4.69, 9.17) is 18.9 Å². The van der Waals surface area contributed by atoms with Crippen molar-refractivity contribution in [1.82, 2.24) is 0 Å². The molecular weight excluding hydrogens is 404 g/mol. The zero-order valence-electron chi connectivity index (χ0n) is 16.3. The second-order valence-corrected chi connectivity index (χ2v) is 8.64. The molecule has 31 heavy (non-hydrogen) atoms. The van der Waals surface area contributed by atoms with Crippen molar-refractivity contribution in [3.63, 3.8) is 0 Å². The van der Waals surface area contributed by atoms with E-state index < -0.39 is 40.6 Å². The van der Waals surface area contributed by atoms with Gasteiger partial charge in [0.1, 0.15) is 23.7 Å². The first-order valence-electron chi connectivity index (χ1n) is 10.0. The van der Waals surface area contributed by atoms with E-state index in [2.05, 4.69) is 0 Å². The van der Waals surface area contributed by atoms with Crippen LogP contribution in [0.2, 0.25) is 0 Å². The zero-order chi connectivity index (χ0) is 21.4. The molecule has 1 saturated carbocycles. The topological polar surface area (TPSA) is 108 Å². The minimum atomic E-state index is -1.35. The molecule has 6 rings (SSSR count). The highest BCUT2D eigenvalue weighted by atomic mass is 16.6. The van der Waals surface area contributed by atoms with Crippen LogP contribution >= 0.6 is 0 Å². The molecular formula is C23H18O8. The van der Waals surface area contributed by atoms with Crippen molar-refractivity contribution >= 4 is 17.9 Å². The molecule has 0 unspecified atom stereocenters. The quantitative estimate of drug-likeness (QED) is 0.577. The summed E-state index contributed by atoms with van der Waals surface area (Å²) in [5, 5.41) is 11.4. The van der Waals surface area contributed by atoms with Crippen LogP contribution in [0.3, 0.4) is 0 Å². The highest BCUT2D eigenvalue weighted by Gasteiger charge is 2.82. The van der Waals surface area contributed by atoms with Gasteiger partial charge in [-0.05, 0) is 18.2 Å². The Balaban J connectivity index is 1.38. The maximum Gasteiger partial charge on any atom is 0.343 e. The molecule has 8 heteroatoms. The fraction of sp³-hybridized carbons (Fsp3) is 0.348. The summed E-state index contributed by atoms with van der Waals surface area (Å²) in [7, 11) is 0. The Morgan fingerprint density at radius 1 is 1.03 bits per heavy atom. The summed E-state index contributed by atoms with van der Waals surface area (Å²) in [5.74, 6) is -1.42. The molecule has 1 aliphatic carbocycles. The number of fused-ring (bicyclic) bond motifs is 3. The molecule has 158 valence electrons. The average Bonchev–Trinajstić information content (AvgIpc) is 3.20. The number of carbonyl (C=O) groups excluding carboxylic acids is 3. The number of rotatable bonds is 2. The van der Waals surface area contributed by atoms with Crippen LogP contribution in [-0.2, 0) is 19.1 Å². The van der Waals surface area contributed by atoms with Crippen LogP contribution in [0.1, 0.15) is 41.1 Å². The zero-order valence-corrected chi connectivity index (χ0v) is 16.3. The van der Waals surface area contributed by atoms with Crippen molar-refractivity contribution in [1.29, 1.82) is 0 Å². The van der Waals surface area contributed by atoms with Gasteiger partial charge in [0, 0.05) is 18.1 Å². The fourth-order valence-electron chi connectivity index (χ4n) is 5.77. The maximum atomic E-state index is 12.4. The molecule has 4 atom stereocenters. The number of benzene rings is 2. The molecule has 0 bridgehead atoms. The maximum absolute atomic E-state index is 12.4. The van der Waals surface area contributed by atoms with Gasteiger partial charge in [0.05, 0.1) is 24.3 Å². The minimum Gasteiger partial charge on any atom is -0.490 e. The van der Waals surface area contributed by atoms with E-state index in [0.717, 1.165) is 0 Å². The summed E-state index contributed by atoms with van der Waals surface area (Å²) >= 11 is 0. The van der Waals surface area contributed by atoms with Gasteiger partial charge in [-0.15, -0.1) is 0 Å². The highest BCUT2D eigenvalue weighted by Crippen LogP contribution is 2.68. The van der Waals surface area contributed by atoms with Gasteiger partial charge in [-0.25, -0.2) is 4.79 Å². The summed E-state index contributed by atoms with van der Waals surface area (Å²) < 4.78 is 22.6. The van der Waals surface area contributed by atoms with Crippen LogP contribution in [0.15, 0.2) is 48.5 Å². The van der Waals surface area contributed by atoms with E-state index in [0.29, 0.717) is 16.9 Å². The standard InChI is InChI=1S/C23H18O8/c24-17-9-22-11-21(27)12-28-16-8-14(29-20(26)13-4-2-1-3-5-13)6-7-15(16)19(21)23(22,31-17)10-18(25)30-22/h1-8,19,27H,9-12H2/t19-,21-,22+,23+/m0/s1. The van der Waals surface area contributed by atoms with Crippen molar-refractivity contribution in [2.24, 2.45) is 0 Å². The van der Waals surface area contributed by atoms with Crippen LogP contribution in [0.4, 0.5) is 0 Å². The Kier molecular flexibility index (Phi) is 3.47. The Morgan fingerprint density at radius 3 is 2.61 bits per heavy atom. The van der Waals surface area contributed by atoms with E-state index in [-0.39, 0.29) is 31.6 Å². The van der Waals surface area contributed by atoms with Crippen molar-refractivity contribution in [3.8, 4) is 11.5 Å². The van der Waals surface area contributed by atoms with Gasteiger partial charge in [0.25, 0.3) is 0 Å². The lowest BCUT2D eigenvalue weighted by Crippen LogP contribution is -2.50. The third-order valence-electron chi connectivity index (χ3n) is 6.80. The highest BCUT2D eigenvalue weighted by molar-refractivity contribution is 5.91. The van der Waals surface area contributed by atoms with Crippen molar-refractivity contribution in [3.05, 3.63) is 59.7 Å². The second kappa shape index (κ2) is 5.85. The Bertz CT molecular complexity index is 1120. The molecule has 2 saturated heterocycles. The molecule has 2 aromatic rings. The molecule has 3 aliphatic heterocycles. The first-order chi connectivity index (χ1) is 14.8. The summed E-state index contributed by atoms with van der Waals surface area (Å²) in [6.07, 6.45) is -0.137. The fourth-order valence-corrected chi connectivity index (χ4v) is 5.77. The predicted molar refractivity (Wildman–Crippen MR) is 103 cm³/mol. The van der Waals surface area contributed by atoms with Crippen LogP contribution in [0.25, 0.3) is 0 Å². The molecule has 4 aliphatic rings. The number of hydrogen-bond acceptors (Lipinski definition) is 8. The number of hydrogen-bond donors (Lipinski definition) is 1. The first kappa shape index (κ1) is 18.4.